The average Bonchev–Trinajstić information content (AvgIpc) is 2.80. The molecule has 11 heteroatoms. The van der Waals surface area contributed by atoms with Crippen LogP contribution < -0.4 is 5.32 Å². The molecule has 0 aromatic heterocycles. The fourth-order valence-corrected chi connectivity index (χ4v) is 5.36. The van der Waals surface area contributed by atoms with E-state index >= 15 is 0 Å². The van der Waals surface area contributed by atoms with Gasteiger partial charge < -0.3 is 10.1 Å². The lowest BCUT2D eigenvalue weighted by Gasteiger charge is -2.26. The van der Waals surface area contributed by atoms with Gasteiger partial charge in [0.2, 0.25) is 15.9 Å². The van der Waals surface area contributed by atoms with Crippen LogP contribution in [0.4, 0.5) is 0 Å². The maximum Gasteiger partial charge on any atom is 0.243 e. The number of nitrogens with zero attached hydrogens (tertiary/aromatic N) is 2. The normalized spacial score (nSPS) is 15.0. The van der Waals surface area contributed by atoms with Crippen LogP contribution in [-0.2, 0) is 26.1 Å². The molecule has 3 rings (SSSR count). The zero-order valence-corrected chi connectivity index (χ0v) is 21.9. The van der Waals surface area contributed by atoms with Crippen molar-refractivity contribution in [1.82, 2.24) is 14.5 Å². The zero-order chi connectivity index (χ0) is 23.8. The summed E-state index contributed by atoms with van der Waals surface area (Å²) < 4.78 is 33.9. The molecule has 0 radical (unpaired) electrons. The Labute approximate surface area is 213 Å². The minimum atomic E-state index is -3.93. The van der Waals surface area contributed by atoms with Gasteiger partial charge in [-0.25, -0.2) is 8.42 Å². The molecule has 1 fully saturated rings. The lowest BCUT2D eigenvalue weighted by molar-refractivity contribution is -0.121. The van der Waals surface area contributed by atoms with Gasteiger partial charge in [-0.05, 0) is 54.9 Å². The minimum Gasteiger partial charge on any atom is -0.379 e. The van der Waals surface area contributed by atoms with E-state index in [0.717, 1.165) is 48.0 Å². The molecule has 33 heavy (non-hydrogen) atoms. The molecule has 7 nitrogen and oxygen atoms in total. The number of nitrogens with one attached hydrogen (secondary N) is 1. The second-order valence-electron chi connectivity index (χ2n) is 7.63. The van der Waals surface area contributed by atoms with Gasteiger partial charge in [0.1, 0.15) is 0 Å². The Morgan fingerprint density at radius 1 is 1.09 bits per heavy atom. The van der Waals surface area contributed by atoms with Crippen LogP contribution >= 0.6 is 39.1 Å². The maximum atomic E-state index is 13.3. The van der Waals surface area contributed by atoms with Gasteiger partial charge in [0.15, 0.2) is 0 Å². The molecule has 1 N–H and O–H groups in total. The van der Waals surface area contributed by atoms with Crippen molar-refractivity contribution in [2.24, 2.45) is 0 Å². The van der Waals surface area contributed by atoms with Gasteiger partial charge in [0.25, 0.3) is 0 Å². The summed E-state index contributed by atoms with van der Waals surface area (Å²) in [6, 6.07) is 11.2. The summed E-state index contributed by atoms with van der Waals surface area (Å²) >= 11 is 15.4. The van der Waals surface area contributed by atoms with E-state index in [1.807, 2.05) is 0 Å². The number of carbonyl (C=O) groups excluding carboxylic acids is 1. The molecular weight excluding hydrogens is 553 g/mol. The fourth-order valence-electron chi connectivity index (χ4n) is 3.39. The van der Waals surface area contributed by atoms with Gasteiger partial charge in [-0.1, -0.05) is 45.2 Å². The van der Waals surface area contributed by atoms with Crippen LogP contribution in [0, 0.1) is 0 Å². The van der Waals surface area contributed by atoms with E-state index in [-0.39, 0.29) is 23.9 Å². The second-order valence-corrected chi connectivity index (χ2v) is 11.3. The molecule has 1 saturated heterocycles. The van der Waals surface area contributed by atoms with Crippen molar-refractivity contribution in [3.05, 3.63) is 62.5 Å². The van der Waals surface area contributed by atoms with Crippen molar-refractivity contribution >= 4 is 55.1 Å². The highest BCUT2D eigenvalue weighted by molar-refractivity contribution is 9.10. The highest BCUT2D eigenvalue weighted by atomic mass is 79.9. The topological polar surface area (TPSA) is 79.0 Å². The Kier molecular flexibility index (Phi) is 9.99. The largest absolute Gasteiger partial charge is 0.379 e. The third-order valence-corrected chi connectivity index (χ3v) is 8.26. The Balaban J connectivity index is 1.67. The van der Waals surface area contributed by atoms with Crippen LogP contribution in [0.5, 0.6) is 0 Å². The van der Waals surface area contributed by atoms with E-state index < -0.39 is 10.0 Å². The predicted molar refractivity (Wildman–Crippen MR) is 133 cm³/mol. The van der Waals surface area contributed by atoms with Gasteiger partial charge in [0.05, 0.1) is 34.7 Å². The van der Waals surface area contributed by atoms with E-state index in [0.29, 0.717) is 22.2 Å². The fraction of sp³-hybridized carbons (Fsp3) is 0.409. The first-order valence-corrected chi connectivity index (χ1v) is 13.5. The number of amides is 1. The van der Waals surface area contributed by atoms with Gasteiger partial charge in [-0.2, -0.15) is 4.31 Å². The molecule has 0 aliphatic carbocycles. The number of carbonyl (C=O) groups is 1. The van der Waals surface area contributed by atoms with Crippen LogP contribution in [0.15, 0.2) is 51.8 Å². The number of rotatable bonds is 10. The summed E-state index contributed by atoms with van der Waals surface area (Å²) in [6.45, 7) is 4.22. The highest BCUT2D eigenvalue weighted by Gasteiger charge is 2.27. The number of hydrogen-bond donors (Lipinski definition) is 1. The van der Waals surface area contributed by atoms with E-state index in [2.05, 4.69) is 26.1 Å². The van der Waals surface area contributed by atoms with Crippen LogP contribution in [0.3, 0.4) is 0 Å². The van der Waals surface area contributed by atoms with Crippen LogP contribution in [0.25, 0.3) is 0 Å². The van der Waals surface area contributed by atoms with Crippen molar-refractivity contribution < 1.29 is 17.9 Å². The number of morpholine rings is 1. The van der Waals surface area contributed by atoms with E-state index in [4.69, 9.17) is 27.9 Å². The Morgan fingerprint density at radius 3 is 2.45 bits per heavy atom. The maximum absolute atomic E-state index is 13.3. The predicted octanol–water partition coefficient (Wildman–Crippen LogP) is 3.79. The van der Waals surface area contributed by atoms with Gasteiger partial charge >= 0.3 is 0 Å². The first-order chi connectivity index (χ1) is 15.8. The van der Waals surface area contributed by atoms with Crippen molar-refractivity contribution in [2.75, 3.05) is 45.9 Å². The molecule has 0 saturated carbocycles. The van der Waals surface area contributed by atoms with E-state index in [9.17, 15) is 13.2 Å². The van der Waals surface area contributed by atoms with E-state index in [1.165, 1.54) is 12.1 Å². The summed E-state index contributed by atoms with van der Waals surface area (Å²) in [4.78, 5) is 15.0. The number of sulfonamides is 1. The number of halogens is 3. The second kappa shape index (κ2) is 12.5. The molecule has 1 aliphatic rings. The average molecular weight is 579 g/mol. The van der Waals surface area contributed by atoms with Gasteiger partial charge in [-0.15, -0.1) is 0 Å². The SMILES string of the molecule is O=C(CN(Cc1ccc(Cl)c(Cl)c1)S(=O)(=O)c1ccc(Br)cc1)NCCCN1CCOCC1. The molecule has 0 spiro atoms. The van der Waals surface area contributed by atoms with Crippen molar-refractivity contribution in [1.29, 1.82) is 0 Å². The third kappa shape index (κ3) is 7.92. The quantitative estimate of drug-likeness (QED) is 0.434. The Hall–Kier alpha value is -1.20. The Bertz CT molecular complexity index is 1050. The molecule has 1 aliphatic heterocycles. The van der Waals surface area contributed by atoms with Crippen LogP contribution in [0.2, 0.25) is 10.0 Å². The Morgan fingerprint density at radius 2 is 1.79 bits per heavy atom. The molecule has 180 valence electrons. The van der Waals surface area contributed by atoms with Crippen molar-refractivity contribution in [3.63, 3.8) is 0 Å². The van der Waals surface area contributed by atoms with Gasteiger partial charge in [-0.3, -0.25) is 9.69 Å². The number of hydrogen-bond acceptors (Lipinski definition) is 5. The lowest BCUT2D eigenvalue weighted by atomic mass is 10.2. The van der Waals surface area contributed by atoms with Crippen LogP contribution in [-0.4, -0.2) is 69.5 Å². The monoisotopic (exact) mass is 577 g/mol. The summed E-state index contributed by atoms with van der Waals surface area (Å²) in [5.41, 5.74) is 0.630. The molecular formula is C22H26BrCl2N3O4S. The van der Waals surface area contributed by atoms with Crippen LogP contribution in [0.1, 0.15) is 12.0 Å². The van der Waals surface area contributed by atoms with Gasteiger partial charge in [0, 0.05) is 30.7 Å². The molecule has 2 aromatic carbocycles. The smallest absolute Gasteiger partial charge is 0.243 e. The molecule has 0 unspecified atom stereocenters. The minimum absolute atomic E-state index is 0.0174. The summed E-state index contributed by atoms with van der Waals surface area (Å²) in [5, 5.41) is 3.53. The number of ether oxygens (including phenoxy) is 1. The summed E-state index contributed by atoms with van der Waals surface area (Å²) in [7, 11) is -3.93. The lowest BCUT2D eigenvalue weighted by Crippen LogP contribution is -2.41. The molecule has 0 atom stereocenters. The first-order valence-electron chi connectivity index (χ1n) is 10.5. The molecule has 1 amide bonds. The molecule has 0 bridgehead atoms. The number of benzene rings is 2. The first kappa shape index (κ1) is 26.4. The molecule has 2 aromatic rings. The zero-order valence-electron chi connectivity index (χ0n) is 18.0. The van der Waals surface area contributed by atoms with Crippen molar-refractivity contribution in [3.8, 4) is 0 Å². The van der Waals surface area contributed by atoms with Crippen molar-refractivity contribution in [2.45, 2.75) is 17.9 Å². The third-order valence-electron chi connectivity index (χ3n) is 5.19. The van der Waals surface area contributed by atoms with E-state index in [1.54, 1.807) is 30.3 Å². The molecule has 1 heterocycles. The summed E-state index contributed by atoms with van der Waals surface area (Å²) in [6.07, 6.45) is 0.776. The summed E-state index contributed by atoms with van der Waals surface area (Å²) in [5.74, 6) is -0.363. The highest BCUT2D eigenvalue weighted by Crippen LogP contribution is 2.25. The standard InChI is InChI=1S/C22H26BrCl2N3O4S/c23-18-3-5-19(6-4-18)33(30,31)28(15-17-2-7-20(24)21(25)14-17)16-22(29)26-8-1-9-27-10-12-32-13-11-27/h2-7,14H,1,8-13,15-16H2,(H,26,29).